The molecule has 0 radical (unpaired) electrons. The molecular weight excluding hydrogens is 292 g/mol. The molecule has 3 rings (SSSR count). The lowest BCUT2D eigenvalue weighted by Gasteiger charge is -2.06. The smallest absolute Gasteiger partial charge is 0.335 e. The van der Waals surface area contributed by atoms with Crippen LogP contribution in [-0.4, -0.2) is 25.3 Å². The molecule has 0 bridgehead atoms. The number of hydrogen-bond acceptors (Lipinski definition) is 4. The number of amidine groups is 1. The molecule has 2 aromatic rings. The van der Waals surface area contributed by atoms with Crippen molar-refractivity contribution in [2.45, 2.75) is 4.90 Å². The first-order valence-electron chi connectivity index (χ1n) is 6.02. The second-order valence-electron chi connectivity index (χ2n) is 4.42. The number of carboxylic acids is 1. The van der Waals surface area contributed by atoms with Crippen LogP contribution in [0.5, 0.6) is 0 Å². The van der Waals surface area contributed by atoms with Crippen LogP contribution in [-0.2, 0) is 10.0 Å². The molecule has 1 aliphatic rings. The molecule has 0 saturated heterocycles. The number of carbonyl (C=O) groups is 1. The fourth-order valence-corrected chi connectivity index (χ4v) is 3.20. The van der Waals surface area contributed by atoms with Crippen molar-refractivity contribution in [1.82, 2.24) is 0 Å². The van der Waals surface area contributed by atoms with Gasteiger partial charge < -0.3 is 10.4 Å². The lowest BCUT2D eigenvalue weighted by Crippen LogP contribution is -2.11. The van der Waals surface area contributed by atoms with Gasteiger partial charge in [-0.25, -0.2) is 4.79 Å². The molecule has 21 heavy (non-hydrogen) atoms. The SMILES string of the molecule is O=C(O)c1ccc(NC2=NS(=O)(=O)c3ccccc32)cc1. The molecule has 0 saturated carbocycles. The largest absolute Gasteiger partial charge is 0.478 e. The van der Waals surface area contributed by atoms with Crippen LogP contribution in [0.25, 0.3) is 0 Å². The number of benzene rings is 2. The van der Waals surface area contributed by atoms with E-state index in [0.29, 0.717) is 11.3 Å². The summed E-state index contributed by atoms with van der Waals surface area (Å²) in [7, 11) is -3.67. The summed E-state index contributed by atoms with van der Waals surface area (Å²) in [5, 5.41) is 11.7. The Morgan fingerprint density at radius 1 is 1.05 bits per heavy atom. The summed E-state index contributed by atoms with van der Waals surface area (Å²) in [5.41, 5.74) is 1.22. The number of hydrogen-bond donors (Lipinski definition) is 2. The van der Waals surface area contributed by atoms with Gasteiger partial charge in [-0.05, 0) is 36.4 Å². The van der Waals surface area contributed by atoms with Crippen molar-refractivity contribution in [3.63, 3.8) is 0 Å². The van der Waals surface area contributed by atoms with E-state index in [2.05, 4.69) is 9.71 Å². The number of nitrogens with zero attached hydrogens (tertiary/aromatic N) is 1. The van der Waals surface area contributed by atoms with Crippen molar-refractivity contribution in [1.29, 1.82) is 0 Å². The Morgan fingerprint density at radius 2 is 1.71 bits per heavy atom. The normalized spacial score (nSPS) is 15.1. The van der Waals surface area contributed by atoms with E-state index in [1.165, 1.54) is 18.2 Å². The Labute approximate surface area is 120 Å². The van der Waals surface area contributed by atoms with Crippen molar-refractivity contribution in [3.8, 4) is 0 Å². The van der Waals surface area contributed by atoms with E-state index in [0.717, 1.165) is 0 Å². The summed E-state index contributed by atoms with van der Waals surface area (Å²) < 4.78 is 27.5. The van der Waals surface area contributed by atoms with E-state index < -0.39 is 16.0 Å². The highest BCUT2D eigenvalue weighted by Crippen LogP contribution is 2.26. The van der Waals surface area contributed by atoms with Crippen LogP contribution in [0, 0.1) is 0 Å². The number of carboxylic acid groups (broad SMARTS) is 1. The molecule has 0 fully saturated rings. The standard InChI is InChI=1S/C14H10N2O4S/c17-14(18)9-5-7-10(8-6-9)15-13-11-3-1-2-4-12(11)21(19,20)16-13/h1-8H,(H,15,16)(H,17,18). The zero-order chi connectivity index (χ0) is 15.0. The molecule has 6 nitrogen and oxygen atoms in total. The van der Waals surface area contributed by atoms with Gasteiger partial charge in [-0.3, -0.25) is 0 Å². The van der Waals surface area contributed by atoms with Gasteiger partial charge >= 0.3 is 5.97 Å². The van der Waals surface area contributed by atoms with Crippen LogP contribution in [0.3, 0.4) is 0 Å². The molecule has 7 heteroatoms. The Kier molecular flexibility index (Phi) is 2.99. The maximum Gasteiger partial charge on any atom is 0.335 e. The molecule has 106 valence electrons. The third kappa shape index (κ3) is 2.38. The van der Waals surface area contributed by atoms with Gasteiger partial charge in [0.25, 0.3) is 10.0 Å². The number of aromatic carboxylic acids is 1. The van der Waals surface area contributed by atoms with Crippen molar-refractivity contribution in [3.05, 3.63) is 59.7 Å². The van der Waals surface area contributed by atoms with Crippen molar-refractivity contribution in [2.75, 3.05) is 5.32 Å². The summed E-state index contributed by atoms with van der Waals surface area (Å²) >= 11 is 0. The highest BCUT2D eigenvalue weighted by Gasteiger charge is 2.28. The van der Waals surface area contributed by atoms with Gasteiger partial charge in [0.1, 0.15) is 4.90 Å². The molecule has 0 amide bonds. The fourth-order valence-electron chi connectivity index (χ4n) is 2.03. The fraction of sp³-hybridized carbons (Fsp3) is 0. The number of rotatable bonds is 2. The van der Waals surface area contributed by atoms with Crippen LogP contribution in [0.15, 0.2) is 57.8 Å². The molecule has 0 spiro atoms. The Balaban J connectivity index is 1.94. The zero-order valence-electron chi connectivity index (χ0n) is 10.6. The van der Waals surface area contributed by atoms with Gasteiger partial charge in [0.05, 0.1) is 5.56 Å². The van der Waals surface area contributed by atoms with Crippen LogP contribution < -0.4 is 5.32 Å². The van der Waals surface area contributed by atoms with Gasteiger partial charge in [0.2, 0.25) is 0 Å². The number of fused-ring (bicyclic) bond motifs is 1. The monoisotopic (exact) mass is 302 g/mol. The molecule has 2 N–H and O–H groups in total. The average Bonchev–Trinajstić information content (AvgIpc) is 2.71. The van der Waals surface area contributed by atoms with Gasteiger partial charge in [0, 0.05) is 11.3 Å². The molecule has 2 aromatic carbocycles. The number of sulfonamides is 1. The molecule has 0 atom stereocenters. The van der Waals surface area contributed by atoms with E-state index in [-0.39, 0.29) is 16.3 Å². The van der Waals surface area contributed by atoms with Crippen LogP contribution in [0.2, 0.25) is 0 Å². The summed E-state index contributed by atoms with van der Waals surface area (Å²) in [6.45, 7) is 0. The molecule has 0 aromatic heterocycles. The van der Waals surface area contributed by atoms with E-state index in [9.17, 15) is 13.2 Å². The molecule has 1 aliphatic heterocycles. The molecule has 0 unspecified atom stereocenters. The minimum atomic E-state index is -3.67. The van der Waals surface area contributed by atoms with Crippen molar-refractivity contribution < 1.29 is 18.3 Å². The highest BCUT2D eigenvalue weighted by atomic mass is 32.2. The molecular formula is C14H10N2O4S. The summed E-state index contributed by atoms with van der Waals surface area (Å²) in [5.74, 6) is -0.790. The van der Waals surface area contributed by atoms with Gasteiger partial charge in [-0.1, -0.05) is 12.1 Å². The van der Waals surface area contributed by atoms with E-state index in [1.54, 1.807) is 30.3 Å². The zero-order valence-corrected chi connectivity index (χ0v) is 11.5. The van der Waals surface area contributed by atoms with E-state index in [4.69, 9.17) is 5.11 Å². The quantitative estimate of drug-likeness (QED) is 0.884. The predicted octanol–water partition coefficient (Wildman–Crippen LogP) is 1.95. The summed E-state index contributed by atoms with van der Waals surface area (Å²) in [4.78, 5) is 10.9. The molecule has 0 aliphatic carbocycles. The van der Waals surface area contributed by atoms with Crippen LogP contribution in [0.1, 0.15) is 15.9 Å². The van der Waals surface area contributed by atoms with E-state index in [1.807, 2.05) is 0 Å². The second kappa shape index (κ2) is 4.71. The highest BCUT2D eigenvalue weighted by molar-refractivity contribution is 7.90. The van der Waals surface area contributed by atoms with Crippen LogP contribution >= 0.6 is 0 Å². The van der Waals surface area contributed by atoms with Gasteiger partial charge in [-0.2, -0.15) is 8.42 Å². The summed E-state index contributed by atoms with van der Waals surface area (Å²) in [6, 6.07) is 12.5. The maximum atomic E-state index is 11.9. The summed E-state index contributed by atoms with van der Waals surface area (Å²) in [6.07, 6.45) is 0. The average molecular weight is 302 g/mol. The first kappa shape index (κ1) is 13.3. The van der Waals surface area contributed by atoms with Gasteiger partial charge in [0.15, 0.2) is 5.84 Å². The second-order valence-corrected chi connectivity index (χ2v) is 5.99. The number of nitrogens with one attached hydrogen (secondary N) is 1. The minimum absolute atomic E-state index is 0.155. The first-order chi connectivity index (χ1) is 9.97. The first-order valence-corrected chi connectivity index (χ1v) is 7.46. The lowest BCUT2D eigenvalue weighted by molar-refractivity contribution is 0.0697. The Morgan fingerprint density at radius 3 is 2.38 bits per heavy atom. The van der Waals surface area contributed by atoms with Crippen LogP contribution in [0.4, 0.5) is 5.69 Å². The Hall–Kier alpha value is -2.67. The number of anilines is 1. The Bertz CT molecular complexity index is 855. The topological polar surface area (TPSA) is 95.8 Å². The third-order valence-corrected chi connectivity index (χ3v) is 4.36. The third-order valence-electron chi connectivity index (χ3n) is 3.03. The van der Waals surface area contributed by atoms with Crippen molar-refractivity contribution >= 4 is 27.5 Å². The minimum Gasteiger partial charge on any atom is -0.478 e. The van der Waals surface area contributed by atoms with E-state index >= 15 is 0 Å². The maximum absolute atomic E-state index is 11.9. The lowest BCUT2D eigenvalue weighted by atomic mass is 10.2. The molecule has 1 heterocycles. The predicted molar refractivity (Wildman–Crippen MR) is 77.2 cm³/mol. The van der Waals surface area contributed by atoms with Gasteiger partial charge in [-0.15, -0.1) is 4.40 Å². The van der Waals surface area contributed by atoms with Crippen molar-refractivity contribution in [2.24, 2.45) is 4.40 Å².